The maximum Gasteiger partial charge on any atom is 0.128 e. The van der Waals surface area contributed by atoms with E-state index >= 15 is 0 Å². The monoisotopic (exact) mass is 194 g/mol. The SMILES string of the molecule is O=CC12CCC3CCCC3(CC1)C2O. The number of carbonyl (C=O) groups excluding carboxylic acids is 1. The molecule has 0 amide bonds. The van der Waals surface area contributed by atoms with Gasteiger partial charge in [0.15, 0.2) is 0 Å². The Kier molecular flexibility index (Phi) is 1.65. The lowest BCUT2D eigenvalue weighted by Gasteiger charge is -2.44. The molecule has 0 radical (unpaired) electrons. The van der Waals surface area contributed by atoms with Crippen LogP contribution in [0.25, 0.3) is 0 Å². The molecule has 3 saturated carbocycles. The van der Waals surface area contributed by atoms with Crippen LogP contribution in [0.1, 0.15) is 44.9 Å². The molecular formula is C12H18O2. The number of aldehydes is 1. The Morgan fingerprint density at radius 1 is 1.14 bits per heavy atom. The van der Waals surface area contributed by atoms with E-state index in [0.717, 1.165) is 32.0 Å². The van der Waals surface area contributed by atoms with Gasteiger partial charge in [0.1, 0.15) is 6.29 Å². The summed E-state index contributed by atoms with van der Waals surface area (Å²) in [5, 5.41) is 10.4. The molecule has 0 aromatic rings. The van der Waals surface area contributed by atoms with E-state index < -0.39 is 0 Å². The molecule has 3 fully saturated rings. The summed E-state index contributed by atoms with van der Waals surface area (Å²) in [6.45, 7) is 0. The molecule has 2 nitrogen and oxygen atoms in total. The molecule has 0 aromatic carbocycles. The van der Waals surface area contributed by atoms with Gasteiger partial charge in [-0.3, -0.25) is 0 Å². The van der Waals surface area contributed by atoms with Crippen LogP contribution in [0.15, 0.2) is 0 Å². The van der Waals surface area contributed by atoms with E-state index in [1.807, 2.05) is 0 Å². The summed E-state index contributed by atoms with van der Waals surface area (Å²) in [6.07, 6.45) is 8.58. The van der Waals surface area contributed by atoms with E-state index in [9.17, 15) is 9.90 Å². The van der Waals surface area contributed by atoms with Crippen molar-refractivity contribution in [2.75, 3.05) is 0 Å². The van der Waals surface area contributed by atoms with E-state index in [2.05, 4.69) is 0 Å². The zero-order valence-corrected chi connectivity index (χ0v) is 8.54. The highest BCUT2D eigenvalue weighted by Crippen LogP contribution is 2.65. The molecule has 2 bridgehead atoms. The normalized spacial score (nSPS) is 55.8. The van der Waals surface area contributed by atoms with Crippen molar-refractivity contribution in [3.63, 3.8) is 0 Å². The molecule has 3 aliphatic rings. The molecule has 78 valence electrons. The third kappa shape index (κ3) is 0.796. The van der Waals surface area contributed by atoms with E-state index in [-0.39, 0.29) is 16.9 Å². The van der Waals surface area contributed by atoms with Gasteiger partial charge in [0.2, 0.25) is 0 Å². The lowest BCUT2D eigenvalue weighted by Crippen LogP contribution is -2.47. The smallest absolute Gasteiger partial charge is 0.128 e. The molecule has 0 saturated heterocycles. The Bertz CT molecular complexity index is 271. The van der Waals surface area contributed by atoms with Gasteiger partial charge in [0.25, 0.3) is 0 Å². The maximum absolute atomic E-state index is 11.2. The van der Waals surface area contributed by atoms with Crippen LogP contribution in [0.2, 0.25) is 0 Å². The van der Waals surface area contributed by atoms with Crippen LogP contribution in [0.3, 0.4) is 0 Å². The van der Waals surface area contributed by atoms with Crippen molar-refractivity contribution in [3.05, 3.63) is 0 Å². The van der Waals surface area contributed by atoms with Gasteiger partial charge in [-0.25, -0.2) is 0 Å². The van der Waals surface area contributed by atoms with Crippen molar-refractivity contribution < 1.29 is 9.90 Å². The molecule has 4 atom stereocenters. The Labute approximate surface area is 84.7 Å². The molecule has 0 aliphatic heterocycles. The summed E-state index contributed by atoms with van der Waals surface area (Å²) in [6, 6.07) is 0. The largest absolute Gasteiger partial charge is 0.392 e. The van der Waals surface area contributed by atoms with Crippen molar-refractivity contribution in [3.8, 4) is 0 Å². The Morgan fingerprint density at radius 3 is 2.79 bits per heavy atom. The van der Waals surface area contributed by atoms with Gasteiger partial charge in [-0.1, -0.05) is 6.42 Å². The minimum atomic E-state index is -0.346. The quantitative estimate of drug-likeness (QED) is 0.647. The number of rotatable bonds is 1. The van der Waals surface area contributed by atoms with E-state index in [1.165, 1.54) is 19.3 Å². The minimum absolute atomic E-state index is 0.152. The number of fused-ring (bicyclic) bond motifs is 1. The first-order valence-electron chi connectivity index (χ1n) is 5.88. The Hall–Kier alpha value is -0.370. The second kappa shape index (κ2) is 2.60. The average Bonchev–Trinajstić information content (AvgIpc) is 2.70. The van der Waals surface area contributed by atoms with Crippen LogP contribution in [0, 0.1) is 16.7 Å². The van der Waals surface area contributed by atoms with Crippen molar-refractivity contribution >= 4 is 6.29 Å². The van der Waals surface area contributed by atoms with Gasteiger partial charge in [0, 0.05) is 5.41 Å². The highest BCUT2D eigenvalue weighted by Gasteiger charge is 2.63. The van der Waals surface area contributed by atoms with Gasteiger partial charge < -0.3 is 9.90 Å². The molecular weight excluding hydrogens is 176 g/mol. The topological polar surface area (TPSA) is 37.3 Å². The predicted molar refractivity (Wildman–Crippen MR) is 52.7 cm³/mol. The second-order valence-corrected chi connectivity index (χ2v) is 5.61. The predicted octanol–water partition coefficient (Wildman–Crippen LogP) is 1.91. The summed E-state index contributed by atoms with van der Waals surface area (Å²) in [7, 11) is 0. The maximum atomic E-state index is 11.2. The molecule has 1 spiro atoms. The molecule has 14 heavy (non-hydrogen) atoms. The molecule has 2 heteroatoms. The first-order chi connectivity index (χ1) is 6.73. The van der Waals surface area contributed by atoms with E-state index in [0.29, 0.717) is 5.92 Å². The van der Waals surface area contributed by atoms with Crippen LogP contribution >= 0.6 is 0 Å². The van der Waals surface area contributed by atoms with Gasteiger partial charge in [0.05, 0.1) is 11.5 Å². The summed E-state index contributed by atoms with van der Waals surface area (Å²) < 4.78 is 0. The van der Waals surface area contributed by atoms with E-state index in [4.69, 9.17) is 0 Å². The van der Waals surface area contributed by atoms with Crippen molar-refractivity contribution in [2.24, 2.45) is 16.7 Å². The standard InChI is InChI=1S/C12H18O2/c13-8-11-5-3-9-2-1-4-12(9,7-6-11)10(11)14/h8-10,14H,1-7H2. The lowest BCUT2D eigenvalue weighted by molar-refractivity contribution is -0.132. The first kappa shape index (κ1) is 8.90. The summed E-state index contributed by atoms with van der Waals surface area (Å²) in [4.78, 5) is 11.2. The molecule has 3 aliphatic carbocycles. The number of hydrogen-bond acceptors (Lipinski definition) is 2. The van der Waals surface area contributed by atoms with Gasteiger partial charge in [-0.2, -0.15) is 0 Å². The molecule has 1 N–H and O–H groups in total. The number of hydrogen-bond donors (Lipinski definition) is 1. The fourth-order valence-electron chi connectivity index (χ4n) is 4.49. The first-order valence-corrected chi connectivity index (χ1v) is 5.88. The van der Waals surface area contributed by atoms with Crippen molar-refractivity contribution in [1.29, 1.82) is 0 Å². The van der Waals surface area contributed by atoms with Crippen LogP contribution in [-0.4, -0.2) is 17.5 Å². The molecule has 4 unspecified atom stereocenters. The second-order valence-electron chi connectivity index (χ2n) is 5.61. The molecule has 3 rings (SSSR count). The molecule has 0 heterocycles. The molecule has 0 aromatic heterocycles. The van der Waals surface area contributed by atoms with Crippen LogP contribution in [0.4, 0.5) is 0 Å². The zero-order valence-electron chi connectivity index (χ0n) is 8.54. The van der Waals surface area contributed by atoms with Gasteiger partial charge >= 0.3 is 0 Å². The van der Waals surface area contributed by atoms with Crippen LogP contribution in [-0.2, 0) is 4.79 Å². The zero-order chi connectivity index (χ0) is 9.81. The van der Waals surface area contributed by atoms with Gasteiger partial charge in [-0.15, -0.1) is 0 Å². The minimum Gasteiger partial charge on any atom is -0.392 e. The summed E-state index contributed by atoms with van der Waals surface area (Å²) in [5.41, 5.74) is -0.194. The summed E-state index contributed by atoms with van der Waals surface area (Å²) in [5.74, 6) is 0.716. The van der Waals surface area contributed by atoms with Crippen molar-refractivity contribution in [1.82, 2.24) is 0 Å². The number of aliphatic hydroxyl groups excluding tert-OH is 1. The lowest BCUT2D eigenvalue weighted by atomic mass is 9.63. The van der Waals surface area contributed by atoms with Crippen LogP contribution < -0.4 is 0 Å². The Morgan fingerprint density at radius 2 is 2.00 bits per heavy atom. The third-order valence-electron chi connectivity index (χ3n) is 5.35. The third-order valence-corrected chi connectivity index (χ3v) is 5.35. The average molecular weight is 194 g/mol. The highest BCUT2D eigenvalue weighted by atomic mass is 16.3. The highest BCUT2D eigenvalue weighted by molar-refractivity contribution is 5.62. The van der Waals surface area contributed by atoms with E-state index in [1.54, 1.807) is 0 Å². The van der Waals surface area contributed by atoms with Crippen LogP contribution in [0.5, 0.6) is 0 Å². The number of aliphatic hydroxyl groups is 1. The Balaban J connectivity index is 2.03. The fraction of sp³-hybridized carbons (Fsp3) is 0.917. The number of carbonyl (C=O) groups is 1. The summed E-state index contributed by atoms with van der Waals surface area (Å²) >= 11 is 0. The van der Waals surface area contributed by atoms with Crippen molar-refractivity contribution in [2.45, 2.75) is 51.0 Å². The fourth-order valence-corrected chi connectivity index (χ4v) is 4.49. The van der Waals surface area contributed by atoms with Gasteiger partial charge in [-0.05, 0) is 44.4 Å².